The number of aromatic nitrogens is 2. The van der Waals surface area contributed by atoms with Crippen LogP contribution in [0.1, 0.15) is 22.3 Å². The van der Waals surface area contributed by atoms with Crippen molar-refractivity contribution in [2.75, 3.05) is 5.73 Å². The van der Waals surface area contributed by atoms with Gasteiger partial charge in [0.1, 0.15) is 24.3 Å². The van der Waals surface area contributed by atoms with Crippen LogP contribution in [0.15, 0.2) is 48.5 Å². The van der Waals surface area contributed by atoms with Gasteiger partial charge in [-0.2, -0.15) is 5.26 Å². The van der Waals surface area contributed by atoms with Crippen molar-refractivity contribution in [1.29, 1.82) is 5.26 Å². The van der Waals surface area contributed by atoms with E-state index < -0.39 is 0 Å². The Bertz CT molecular complexity index is 926. The lowest BCUT2D eigenvalue weighted by atomic mass is 10.1. The van der Waals surface area contributed by atoms with Gasteiger partial charge in [-0.3, -0.25) is 0 Å². The highest BCUT2D eigenvalue weighted by molar-refractivity contribution is 5.55. The lowest BCUT2D eigenvalue weighted by Crippen LogP contribution is -2.06. The van der Waals surface area contributed by atoms with Gasteiger partial charge < -0.3 is 10.5 Å². The van der Waals surface area contributed by atoms with E-state index in [0.29, 0.717) is 13.2 Å². The van der Waals surface area contributed by atoms with Gasteiger partial charge in [0.15, 0.2) is 5.56 Å². The lowest BCUT2D eigenvalue weighted by Gasteiger charge is -2.06. The largest absolute Gasteiger partial charge is 0.471 e. The Morgan fingerprint density at radius 2 is 1.92 bits per heavy atom. The van der Waals surface area contributed by atoms with Crippen LogP contribution in [0.25, 0.3) is 0 Å². The molecule has 1 heterocycles. The fourth-order valence-electron chi connectivity index (χ4n) is 2.46. The zero-order valence-electron chi connectivity index (χ0n) is 13.7. The van der Waals surface area contributed by atoms with Crippen LogP contribution in [0, 0.1) is 24.1 Å². The first-order chi connectivity index (χ1) is 12.1. The van der Waals surface area contributed by atoms with E-state index in [-0.39, 0.29) is 23.1 Å². The molecule has 0 atom stereocenters. The average Bonchev–Trinajstić information content (AvgIpc) is 2.91. The van der Waals surface area contributed by atoms with Crippen LogP contribution in [0.5, 0.6) is 5.88 Å². The molecule has 25 heavy (non-hydrogen) atoms. The molecule has 2 aromatic carbocycles. The molecule has 0 saturated carbocycles. The number of ether oxygens (including phenoxy) is 1. The number of anilines is 1. The second kappa shape index (κ2) is 7.05. The highest BCUT2D eigenvalue weighted by Crippen LogP contribution is 2.25. The topological polar surface area (TPSA) is 76.9 Å². The maximum Gasteiger partial charge on any atom is 0.253 e. The zero-order chi connectivity index (χ0) is 17.8. The van der Waals surface area contributed by atoms with E-state index in [1.54, 1.807) is 12.1 Å². The summed E-state index contributed by atoms with van der Waals surface area (Å²) in [4.78, 5) is 0. The first kappa shape index (κ1) is 16.5. The molecule has 5 nitrogen and oxygen atoms in total. The van der Waals surface area contributed by atoms with Crippen molar-refractivity contribution in [2.45, 2.75) is 20.1 Å². The Labute approximate surface area is 145 Å². The summed E-state index contributed by atoms with van der Waals surface area (Å²) >= 11 is 0. The zero-order valence-corrected chi connectivity index (χ0v) is 13.7. The summed E-state index contributed by atoms with van der Waals surface area (Å²) in [6, 6.07) is 15.9. The number of nitrogens with zero attached hydrogens (tertiary/aromatic N) is 3. The second-order valence-corrected chi connectivity index (χ2v) is 5.68. The van der Waals surface area contributed by atoms with Gasteiger partial charge in [0, 0.05) is 0 Å². The molecule has 3 rings (SSSR count). The van der Waals surface area contributed by atoms with Crippen molar-refractivity contribution in [3.05, 3.63) is 76.6 Å². The van der Waals surface area contributed by atoms with Gasteiger partial charge in [-0.15, -0.1) is 5.10 Å². The molecular formula is C19H17FN4O. The minimum absolute atomic E-state index is 0.199. The molecule has 0 aliphatic rings. The molecule has 0 aliphatic heterocycles. The molecule has 6 heteroatoms. The third-order valence-corrected chi connectivity index (χ3v) is 3.94. The highest BCUT2D eigenvalue weighted by Gasteiger charge is 2.17. The molecule has 0 bridgehead atoms. The SMILES string of the molecule is Cc1ccccc1COc1nn(Cc2ccc(F)cc2)c(N)c1C#N. The molecule has 0 aliphatic carbocycles. The molecule has 126 valence electrons. The normalized spacial score (nSPS) is 10.4. The second-order valence-electron chi connectivity index (χ2n) is 5.68. The standard InChI is InChI=1S/C19H17FN4O/c1-13-4-2-3-5-15(13)12-25-19-17(10-21)18(22)24(23-19)11-14-6-8-16(20)9-7-14/h2-9H,11-12,22H2,1H3. The fourth-order valence-corrected chi connectivity index (χ4v) is 2.46. The van der Waals surface area contributed by atoms with E-state index in [9.17, 15) is 9.65 Å². The molecule has 0 saturated heterocycles. The van der Waals surface area contributed by atoms with Crippen molar-refractivity contribution in [3.8, 4) is 11.9 Å². The van der Waals surface area contributed by atoms with Crippen LogP contribution >= 0.6 is 0 Å². The summed E-state index contributed by atoms with van der Waals surface area (Å²) in [7, 11) is 0. The van der Waals surface area contributed by atoms with Crippen molar-refractivity contribution < 1.29 is 9.13 Å². The van der Waals surface area contributed by atoms with Gasteiger partial charge >= 0.3 is 0 Å². The summed E-state index contributed by atoms with van der Waals surface area (Å²) in [5.41, 5.74) is 9.15. The molecule has 0 spiro atoms. The van der Waals surface area contributed by atoms with E-state index >= 15 is 0 Å². The maximum atomic E-state index is 13.0. The predicted octanol–water partition coefficient (Wildman–Crippen LogP) is 3.41. The predicted molar refractivity (Wildman–Crippen MR) is 92.4 cm³/mol. The number of nitrogens with two attached hydrogens (primary N) is 1. The van der Waals surface area contributed by atoms with E-state index in [2.05, 4.69) is 5.10 Å². The summed E-state index contributed by atoms with van der Waals surface area (Å²) in [6.07, 6.45) is 0. The van der Waals surface area contributed by atoms with Gasteiger partial charge in [-0.25, -0.2) is 9.07 Å². The van der Waals surface area contributed by atoms with Crippen molar-refractivity contribution in [3.63, 3.8) is 0 Å². The van der Waals surface area contributed by atoms with Crippen LogP contribution in [0.3, 0.4) is 0 Å². The Hall–Kier alpha value is -3.33. The van der Waals surface area contributed by atoms with E-state index in [4.69, 9.17) is 10.5 Å². The number of hydrogen-bond acceptors (Lipinski definition) is 4. The van der Waals surface area contributed by atoms with Crippen LogP contribution in [0.4, 0.5) is 10.2 Å². The molecular weight excluding hydrogens is 319 g/mol. The lowest BCUT2D eigenvalue weighted by molar-refractivity contribution is 0.288. The van der Waals surface area contributed by atoms with E-state index in [0.717, 1.165) is 16.7 Å². The fraction of sp³-hybridized carbons (Fsp3) is 0.158. The third-order valence-electron chi connectivity index (χ3n) is 3.94. The Kier molecular flexibility index (Phi) is 4.66. The highest BCUT2D eigenvalue weighted by atomic mass is 19.1. The summed E-state index contributed by atoms with van der Waals surface area (Å²) in [5.74, 6) is 0.120. The summed E-state index contributed by atoms with van der Waals surface area (Å²) in [6.45, 7) is 2.62. The molecule has 0 amide bonds. The number of aryl methyl sites for hydroxylation is 1. The van der Waals surface area contributed by atoms with Crippen LogP contribution < -0.4 is 10.5 Å². The quantitative estimate of drug-likeness (QED) is 0.774. The van der Waals surface area contributed by atoms with E-state index in [1.165, 1.54) is 16.8 Å². The number of rotatable bonds is 5. The van der Waals surface area contributed by atoms with Crippen LogP contribution in [-0.4, -0.2) is 9.78 Å². The third kappa shape index (κ3) is 3.61. The first-order valence-electron chi connectivity index (χ1n) is 7.76. The number of benzene rings is 2. The monoisotopic (exact) mass is 336 g/mol. The Morgan fingerprint density at radius 1 is 1.20 bits per heavy atom. The Balaban J connectivity index is 1.81. The first-order valence-corrected chi connectivity index (χ1v) is 7.76. The molecule has 0 radical (unpaired) electrons. The van der Waals surface area contributed by atoms with Crippen molar-refractivity contribution in [1.82, 2.24) is 9.78 Å². The minimum Gasteiger partial charge on any atom is -0.471 e. The van der Waals surface area contributed by atoms with E-state index in [1.807, 2.05) is 37.3 Å². The molecule has 0 unspecified atom stereocenters. The van der Waals surface area contributed by atoms with Gasteiger partial charge in [0.05, 0.1) is 6.54 Å². The summed E-state index contributed by atoms with van der Waals surface area (Å²) < 4.78 is 20.2. The number of nitrogen functional groups attached to an aromatic ring is 1. The smallest absolute Gasteiger partial charge is 0.253 e. The van der Waals surface area contributed by atoms with Crippen LogP contribution in [-0.2, 0) is 13.2 Å². The average molecular weight is 336 g/mol. The van der Waals surface area contributed by atoms with Crippen LogP contribution in [0.2, 0.25) is 0 Å². The van der Waals surface area contributed by atoms with Gasteiger partial charge in [0.25, 0.3) is 5.88 Å². The van der Waals surface area contributed by atoms with Gasteiger partial charge in [0.2, 0.25) is 0 Å². The number of hydrogen-bond donors (Lipinski definition) is 1. The molecule has 2 N–H and O–H groups in total. The van der Waals surface area contributed by atoms with Gasteiger partial charge in [-0.1, -0.05) is 36.4 Å². The molecule has 1 aromatic heterocycles. The maximum absolute atomic E-state index is 13.0. The number of halogens is 1. The van der Waals surface area contributed by atoms with Gasteiger partial charge in [-0.05, 0) is 35.7 Å². The molecule has 0 fully saturated rings. The van der Waals surface area contributed by atoms with Crippen molar-refractivity contribution >= 4 is 5.82 Å². The number of nitriles is 1. The minimum atomic E-state index is -0.308. The summed E-state index contributed by atoms with van der Waals surface area (Å²) in [5, 5.41) is 13.7. The molecule has 3 aromatic rings. The Morgan fingerprint density at radius 3 is 2.60 bits per heavy atom. The van der Waals surface area contributed by atoms with Crippen molar-refractivity contribution in [2.24, 2.45) is 0 Å².